The summed E-state index contributed by atoms with van der Waals surface area (Å²) in [4.78, 5) is 49.1. The highest BCUT2D eigenvalue weighted by atomic mass is 19.4. The molecule has 5 aliphatic rings. The van der Waals surface area contributed by atoms with E-state index in [1.165, 1.54) is 36.7 Å². The van der Waals surface area contributed by atoms with E-state index in [0.717, 1.165) is 61.3 Å². The Labute approximate surface area is 427 Å². The number of aromatic nitrogens is 6. The quantitative estimate of drug-likeness (QED) is 0.0936. The topological polar surface area (TPSA) is 150 Å². The molecule has 6 aromatic rings. The van der Waals surface area contributed by atoms with Crippen molar-refractivity contribution >= 4 is 52.5 Å². The minimum atomic E-state index is -4.60. The number of morpholine rings is 1. The lowest BCUT2D eigenvalue weighted by Gasteiger charge is -2.28. The van der Waals surface area contributed by atoms with Crippen molar-refractivity contribution in [2.24, 2.45) is 0 Å². The highest BCUT2D eigenvalue weighted by Gasteiger charge is 2.49. The number of fused-ring (bicyclic) bond motifs is 2. The van der Waals surface area contributed by atoms with Crippen LogP contribution < -0.4 is 30.2 Å². The Bertz CT molecular complexity index is 3070. The zero-order chi connectivity index (χ0) is 51.9. The second-order valence-electron chi connectivity index (χ2n) is 19.4. The Morgan fingerprint density at radius 1 is 0.587 bits per heavy atom. The summed E-state index contributed by atoms with van der Waals surface area (Å²) in [6, 6.07) is 16.1. The van der Waals surface area contributed by atoms with Gasteiger partial charge in [-0.2, -0.15) is 36.3 Å². The van der Waals surface area contributed by atoms with E-state index in [2.05, 4.69) is 25.5 Å². The number of benzene rings is 2. The van der Waals surface area contributed by atoms with Crippen molar-refractivity contribution in [3.63, 3.8) is 0 Å². The number of ether oxygens (including phenoxy) is 2. The van der Waals surface area contributed by atoms with Crippen molar-refractivity contribution in [3.8, 4) is 0 Å². The predicted molar refractivity (Wildman–Crippen MR) is 267 cm³/mol. The summed E-state index contributed by atoms with van der Waals surface area (Å²) in [5.41, 5.74) is 1.73. The number of hydrogen-bond donors (Lipinski definition) is 2. The van der Waals surface area contributed by atoms with Gasteiger partial charge in [0.1, 0.15) is 34.7 Å². The van der Waals surface area contributed by atoms with Gasteiger partial charge in [-0.05, 0) is 105 Å². The fourth-order valence-electron chi connectivity index (χ4n) is 10.4. The molecule has 0 amide bonds. The van der Waals surface area contributed by atoms with Crippen molar-refractivity contribution in [1.29, 1.82) is 0 Å². The van der Waals surface area contributed by atoms with Gasteiger partial charge in [0.25, 0.3) is 0 Å². The van der Waals surface area contributed by atoms with E-state index < -0.39 is 40.9 Å². The fraction of sp³-hybridized carbons (Fsp3) is 0.415. The molecule has 75 heavy (non-hydrogen) atoms. The summed E-state index contributed by atoms with van der Waals surface area (Å²) >= 11 is 0. The lowest BCUT2D eigenvalue weighted by Crippen LogP contribution is -2.37. The van der Waals surface area contributed by atoms with Crippen LogP contribution in [0.1, 0.15) is 81.7 Å². The van der Waals surface area contributed by atoms with Crippen LogP contribution in [-0.4, -0.2) is 101 Å². The number of halogens is 7. The molecule has 4 aromatic heterocycles. The lowest BCUT2D eigenvalue weighted by molar-refractivity contribution is -0.138. The first kappa shape index (κ1) is 49.8. The van der Waals surface area contributed by atoms with Crippen molar-refractivity contribution in [1.82, 2.24) is 29.9 Å². The molecule has 1 saturated carbocycles. The largest absolute Gasteiger partial charge is 0.451 e. The average Bonchev–Trinajstić information content (AvgIpc) is 4.25. The highest BCUT2D eigenvalue weighted by molar-refractivity contribution is 5.91. The first-order valence-corrected chi connectivity index (χ1v) is 25.3. The first-order chi connectivity index (χ1) is 36.2. The average molecular weight is 1040 g/mol. The van der Waals surface area contributed by atoms with Crippen LogP contribution in [0, 0.1) is 5.82 Å². The summed E-state index contributed by atoms with van der Waals surface area (Å²) in [6.07, 6.45) is -0.966. The van der Waals surface area contributed by atoms with Crippen LogP contribution in [0.3, 0.4) is 0 Å². The van der Waals surface area contributed by atoms with Gasteiger partial charge < -0.3 is 39.7 Å². The van der Waals surface area contributed by atoms with Gasteiger partial charge in [0.15, 0.2) is 0 Å². The SMILES string of the molecule is O=C(OC1(c2ccc(Nc3nc(N4CCCCC4)nc4c3CCN(c3ncccc3C(F)(F)F)CC4)cc2)CC1)c1ccc(Nc2nc(N3CCOCC3)nc3c2CCN(c2ncccc2C(F)(F)F)CC3)cc1F. The predicted octanol–water partition coefficient (Wildman–Crippen LogP) is 9.60. The van der Waals surface area contributed by atoms with E-state index in [1.54, 1.807) is 15.9 Å². The number of hydrogen-bond acceptors (Lipinski definition) is 15. The monoisotopic (exact) mass is 1040 g/mol. The number of nitrogens with zero attached hydrogens (tertiary/aromatic N) is 10. The Morgan fingerprint density at radius 3 is 1.61 bits per heavy atom. The minimum Gasteiger partial charge on any atom is -0.451 e. The van der Waals surface area contributed by atoms with Gasteiger partial charge in [-0.25, -0.2) is 29.1 Å². The first-order valence-electron chi connectivity index (χ1n) is 25.3. The van der Waals surface area contributed by atoms with E-state index in [0.29, 0.717) is 105 Å². The summed E-state index contributed by atoms with van der Waals surface area (Å²) in [5.74, 6) is -0.0254. The Kier molecular flexibility index (Phi) is 13.6. The summed E-state index contributed by atoms with van der Waals surface area (Å²) in [6.45, 7) is 4.56. The van der Waals surface area contributed by atoms with Crippen molar-refractivity contribution < 1.29 is 45.0 Å². The number of carbonyl (C=O) groups is 1. The smallest absolute Gasteiger partial charge is 0.419 e. The van der Waals surface area contributed by atoms with Gasteiger partial charge in [-0.1, -0.05) is 12.1 Å². The third kappa shape index (κ3) is 10.7. The molecule has 0 bridgehead atoms. The number of carbonyl (C=O) groups excluding carboxylic acids is 1. The van der Waals surface area contributed by atoms with Gasteiger partial charge in [0.05, 0.1) is 41.3 Å². The lowest BCUT2D eigenvalue weighted by atomic mass is 10.1. The number of pyridine rings is 2. The number of anilines is 8. The zero-order valence-corrected chi connectivity index (χ0v) is 40.8. The molecule has 0 unspecified atom stereocenters. The molecule has 22 heteroatoms. The van der Waals surface area contributed by atoms with Crippen LogP contribution in [0.25, 0.3) is 0 Å². The van der Waals surface area contributed by atoms with Gasteiger partial charge in [0.2, 0.25) is 11.9 Å². The molecule has 8 heterocycles. The maximum atomic E-state index is 16.1. The molecular weight excluding hydrogens is 986 g/mol. The van der Waals surface area contributed by atoms with Crippen molar-refractivity contribution in [3.05, 3.63) is 130 Å². The van der Waals surface area contributed by atoms with Gasteiger partial charge in [-0.15, -0.1) is 0 Å². The van der Waals surface area contributed by atoms with Gasteiger partial charge in [0, 0.05) is 100 Å². The molecule has 3 fully saturated rings. The molecule has 4 aliphatic heterocycles. The summed E-state index contributed by atoms with van der Waals surface area (Å²) < 4.78 is 112. The third-order valence-electron chi connectivity index (χ3n) is 14.5. The molecule has 0 radical (unpaired) electrons. The fourth-order valence-corrected chi connectivity index (χ4v) is 10.4. The standard InChI is InChI=1S/C53H53F7N12O3/c54-41-32-35(64-45-38-15-25-70(47-40(53(58,59)60)7-5-21-62-47)27-17-43(38)66-50(68-45)72-28-30-74-31-29-72)12-13-36(41)48(73)75-51(18-19-51)33-8-10-34(11-9-33)63-44-37-14-24-69(46-39(52(55,56)57)6-4-20-61-46)26-16-42(37)65-49(67-44)71-22-2-1-3-23-71/h4-13,20-21,32H,1-3,14-19,22-31H2,(H,63,65,67)(H,64,66,68). The van der Waals surface area contributed by atoms with Crippen LogP contribution in [0.15, 0.2) is 79.1 Å². The number of piperidine rings is 1. The molecular formula is C53H53F7N12O3. The highest BCUT2D eigenvalue weighted by Crippen LogP contribution is 2.50. The van der Waals surface area contributed by atoms with E-state index in [-0.39, 0.29) is 48.9 Å². The van der Waals surface area contributed by atoms with Crippen LogP contribution in [0.5, 0.6) is 0 Å². The summed E-state index contributed by atoms with van der Waals surface area (Å²) in [5, 5.41) is 6.70. The van der Waals surface area contributed by atoms with E-state index in [1.807, 2.05) is 29.2 Å². The number of esters is 1. The molecule has 2 N–H and O–H groups in total. The molecule has 2 saturated heterocycles. The molecule has 15 nitrogen and oxygen atoms in total. The number of alkyl halides is 6. The Hall–Kier alpha value is -7.36. The Morgan fingerprint density at radius 2 is 1.09 bits per heavy atom. The molecule has 2 aromatic carbocycles. The van der Waals surface area contributed by atoms with E-state index >= 15 is 4.39 Å². The molecule has 0 atom stereocenters. The van der Waals surface area contributed by atoms with Gasteiger partial charge in [-0.3, -0.25) is 0 Å². The number of rotatable bonds is 11. The third-order valence-corrected chi connectivity index (χ3v) is 14.5. The van der Waals surface area contributed by atoms with Crippen LogP contribution >= 0.6 is 0 Å². The van der Waals surface area contributed by atoms with Crippen LogP contribution in [0.4, 0.5) is 77.3 Å². The maximum absolute atomic E-state index is 16.1. The molecule has 11 rings (SSSR count). The van der Waals surface area contributed by atoms with Crippen LogP contribution in [0.2, 0.25) is 0 Å². The van der Waals surface area contributed by atoms with Crippen molar-refractivity contribution in [2.75, 3.05) is 95.8 Å². The van der Waals surface area contributed by atoms with E-state index in [9.17, 15) is 31.1 Å². The van der Waals surface area contributed by atoms with Crippen LogP contribution in [-0.2, 0) is 53.1 Å². The Balaban J connectivity index is 0.793. The minimum absolute atomic E-state index is 0.112. The maximum Gasteiger partial charge on any atom is 0.419 e. The molecule has 1 aliphatic carbocycles. The zero-order valence-electron chi connectivity index (χ0n) is 40.8. The second-order valence-corrected chi connectivity index (χ2v) is 19.4. The molecule has 392 valence electrons. The summed E-state index contributed by atoms with van der Waals surface area (Å²) in [7, 11) is 0. The second kappa shape index (κ2) is 20.4. The van der Waals surface area contributed by atoms with E-state index in [4.69, 9.17) is 29.4 Å². The van der Waals surface area contributed by atoms with Gasteiger partial charge >= 0.3 is 18.3 Å². The normalized spacial score (nSPS) is 17.9. The van der Waals surface area contributed by atoms with Crippen molar-refractivity contribution in [2.45, 2.75) is 75.7 Å². The molecule has 0 spiro atoms. The number of nitrogens with one attached hydrogen (secondary N) is 2.